The number of carbonyl (C=O) groups excluding carboxylic acids is 1. The van der Waals surface area contributed by atoms with Crippen molar-refractivity contribution in [3.8, 4) is 11.3 Å². The number of amidine groups is 1. The second-order valence-electron chi connectivity index (χ2n) is 5.61. The van der Waals surface area contributed by atoms with Gasteiger partial charge >= 0.3 is 5.97 Å². The highest BCUT2D eigenvalue weighted by atomic mass is 35.5. The normalized spacial score (nSPS) is 17.3. The summed E-state index contributed by atoms with van der Waals surface area (Å²) < 4.78 is 5.77. The van der Waals surface area contributed by atoms with Crippen LogP contribution in [0.15, 0.2) is 44.6 Å². The second-order valence-corrected chi connectivity index (χ2v) is 7.06. The van der Waals surface area contributed by atoms with Crippen molar-refractivity contribution in [3.05, 3.63) is 51.6 Å². The molecule has 1 aliphatic heterocycles. The number of carboxylic acid groups (broad SMARTS) is 1. The van der Waals surface area contributed by atoms with E-state index in [-0.39, 0.29) is 11.5 Å². The molecule has 2 heterocycles. The number of carbonyl (C=O) groups is 2. The van der Waals surface area contributed by atoms with Crippen molar-refractivity contribution in [2.75, 3.05) is 13.1 Å². The number of hydrogen-bond donors (Lipinski definition) is 1. The largest absolute Gasteiger partial charge is 0.478 e. The van der Waals surface area contributed by atoms with Crippen molar-refractivity contribution in [2.45, 2.75) is 13.8 Å². The number of aromatic carboxylic acids is 1. The van der Waals surface area contributed by atoms with Gasteiger partial charge in [0.2, 0.25) is 0 Å². The maximum atomic E-state index is 12.5. The average molecular weight is 405 g/mol. The highest BCUT2D eigenvalue weighted by molar-refractivity contribution is 8.18. The van der Waals surface area contributed by atoms with Gasteiger partial charge in [0, 0.05) is 29.8 Å². The van der Waals surface area contributed by atoms with Gasteiger partial charge in [0.05, 0.1) is 10.5 Å². The summed E-state index contributed by atoms with van der Waals surface area (Å²) in [5, 5.41) is 10.4. The lowest BCUT2D eigenvalue weighted by atomic mass is 10.1. The number of benzene rings is 1. The number of aliphatic imine (C=N–C) groups is 1. The van der Waals surface area contributed by atoms with Gasteiger partial charge in [-0.2, -0.15) is 0 Å². The first-order chi connectivity index (χ1) is 12.9. The highest BCUT2D eigenvalue weighted by Crippen LogP contribution is 2.34. The maximum absolute atomic E-state index is 12.5. The predicted molar refractivity (Wildman–Crippen MR) is 107 cm³/mol. The van der Waals surface area contributed by atoms with Crippen LogP contribution in [0.3, 0.4) is 0 Å². The molecule has 1 amide bonds. The molecule has 6 nitrogen and oxygen atoms in total. The Balaban J connectivity index is 1.95. The van der Waals surface area contributed by atoms with Crippen LogP contribution < -0.4 is 0 Å². The zero-order valence-electron chi connectivity index (χ0n) is 14.7. The predicted octanol–water partition coefficient (Wildman–Crippen LogP) is 4.61. The van der Waals surface area contributed by atoms with Crippen LogP contribution >= 0.6 is 23.4 Å². The highest BCUT2D eigenvalue weighted by Gasteiger charge is 2.32. The topological polar surface area (TPSA) is 83.1 Å². The Morgan fingerprint density at radius 1 is 1.33 bits per heavy atom. The van der Waals surface area contributed by atoms with E-state index in [0.29, 0.717) is 45.3 Å². The molecule has 0 aliphatic carbocycles. The van der Waals surface area contributed by atoms with Crippen LogP contribution in [0.2, 0.25) is 5.02 Å². The Bertz CT molecular complexity index is 964. The van der Waals surface area contributed by atoms with Gasteiger partial charge in [0.25, 0.3) is 5.91 Å². The lowest BCUT2D eigenvalue weighted by Gasteiger charge is -2.11. The van der Waals surface area contributed by atoms with Crippen LogP contribution in [0.1, 0.15) is 30.0 Å². The van der Waals surface area contributed by atoms with Crippen LogP contribution in [-0.4, -0.2) is 40.1 Å². The standard InChI is InChI=1S/C19H17ClN2O4S/c1-3-21-19-22(4-2)17(23)16(27-19)10-12-6-8-15(26-12)14-9-11(20)5-7-13(14)18(24)25/h5-10H,3-4H2,1-2H3,(H,24,25)/b16-10-,21-19?. The molecule has 1 aromatic heterocycles. The van der Waals surface area contributed by atoms with Gasteiger partial charge in [-0.05, 0) is 55.9 Å². The fourth-order valence-electron chi connectivity index (χ4n) is 2.65. The lowest BCUT2D eigenvalue weighted by molar-refractivity contribution is -0.122. The Labute approximate surface area is 165 Å². The Morgan fingerprint density at radius 2 is 2.11 bits per heavy atom. The summed E-state index contributed by atoms with van der Waals surface area (Å²) in [5.41, 5.74) is 0.474. The number of rotatable bonds is 5. The molecule has 140 valence electrons. The number of likely N-dealkylation sites (N-methyl/N-ethyl adjacent to an activating group) is 1. The van der Waals surface area contributed by atoms with Crippen molar-refractivity contribution >= 4 is 46.5 Å². The van der Waals surface area contributed by atoms with E-state index >= 15 is 0 Å². The van der Waals surface area contributed by atoms with E-state index in [9.17, 15) is 14.7 Å². The van der Waals surface area contributed by atoms with Crippen LogP contribution in [0.25, 0.3) is 17.4 Å². The summed E-state index contributed by atoms with van der Waals surface area (Å²) in [6.45, 7) is 4.94. The van der Waals surface area contributed by atoms with Gasteiger partial charge in [-0.3, -0.25) is 14.7 Å². The van der Waals surface area contributed by atoms with E-state index in [1.165, 1.54) is 23.9 Å². The van der Waals surface area contributed by atoms with Crippen LogP contribution in [-0.2, 0) is 4.79 Å². The summed E-state index contributed by atoms with van der Waals surface area (Å²) >= 11 is 7.30. The SMILES string of the molecule is CCN=C1S/C(=C\c2ccc(-c3cc(Cl)ccc3C(=O)O)o2)C(=O)N1CC. The fourth-order valence-corrected chi connectivity index (χ4v) is 3.91. The number of thioether (sulfide) groups is 1. The fraction of sp³-hybridized carbons (Fsp3) is 0.211. The van der Waals surface area contributed by atoms with E-state index in [0.717, 1.165) is 0 Å². The number of carboxylic acids is 1. The monoisotopic (exact) mass is 404 g/mol. The molecule has 0 atom stereocenters. The first-order valence-corrected chi connectivity index (χ1v) is 9.53. The molecule has 1 aliphatic rings. The quantitative estimate of drug-likeness (QED) is 0.735. The van der Waals surface area contributed by atoms with E-state index in [2.05, 4.69) is 4.99 Å². The van der Waals surface area contributed by atoms with Crippen molar-refractivity contribution in [3.63, 3.8) is 0 Å². The summed E-state index contributed by atoms with van der Waals surface area (Å²) in [6, 6.07) is 7.84. The molecule has 2 aromatic rings. The molecule has 1 N–H and O–H groups in total. The van der Waals surface area contributed by atoms with E-state index < -0.39 is 5.97 Å². The zero-order chi connectivity index (χ0) is 19.6. The first-order valence-electron chi connectivity index (χ1n) is 8.33. The summed E-state index contributed by atoms with van der Waals surface area (Å²) in [7, 11) is 0. The van der Waals surface area contributed by atoms with Crippen molar-refractivity contribution in [2.24, 2.45) is 4.99 Å². The summed E-state index contributed by atoms with van der Waals surface area (Å²) in [6.07, 6.45) is 1.64. The Kier molecular flexibility index (Phi) is 5.72. The van der Waals surface area contributed by atoms with Gasteiger partial charge in [0.15, 0.2) is 5.17 Å². The molecular weight excluding hydrogens is 388 g/mol. The third-order valence-electron chi connectivity index (χ3n) is 3.88. The number of furan rings is 1. The number of hydrogen-bond acceptors (Lipinski definition) is 5. The van der Waals surface area contributed by atoms with E-state index in [1.54, 1.807) is 29.2 Å². The third kappa shape index (κ3) is 3.94. The molecular formula is C19H17ClN2O4S. The molecule has 0 bridgehead atoms. The Hall–Kier alpha value is -2.51. The molecule has 0 radical (unpaired) electrons. The van der Waals surface area contributed by atoms with Crippen LogP contribution in [0.4, 0.5) is 0 Å². The average Bonchev–Trinajstić information content (AvgIpc) is 3.20. The van der Waals surface area contributed by atoms with E-state index in [4.69, 9.17) is 16.0 Å². The molecule has 0 spiro atoms. The number of amides is 1. The van der Waals surface area contributed by atoms with Crippen LogP contribution in [0.5, 0.6) is 0 Å². The first kappa shape index (κ1) is 19.3. The molecule has 8 heteroatoms. The minimum Gasteiger partial charge on any atom is -0.478 e. The number of nitrogens with zero attached hydrogens (tertiary/aromatic N) is 2. The molecule has 1 saturated heterocycles. The molecule has 1 aromatic carbocycles. The molecule has 0 saturated carbocycles. The smallest absolute Gasteiger partial charge is 0.336 e. The molecule has 1 fully saturated rings. The number of halogens is 1. The minimum absolute atomic E-state index is 0.0915. The Morgan fingerprint density at radius 3 is 2.78 bits per heavy atom. The third-order valence-corrected chi connectivity index (χ3v) is 5.15. The summed E-state index contributed by atoms with van der Waals surface area (Å²) in [5.74, 6) is -0.377. The van der Waals surface area contributed by atoms with Crippen LogP contribution in [0, 0.1) is 0 Å². The molecule has 27 heavy (non-hydrogen) atoms. The van der Waals surface area contributed by atoms with Gasteiger partial charge in [0.1, 0.15) is 11.5 Å². The van der Waals surface area contributed by atoms with E-state index in [1.807, 2.05) is 13.8 Å². The minimum atomic E-state index is -1.07. The molecule has 3 rings (SSSR count). The van der Waals surface area contributed by atoms with Crippen molar-refractivity contribution in [1.29, 1.82) is 0 Å². The van der Waals surface area contributed by atoms with Gasteiger partial charge in [-0.25, -0.2) is 4.79 Å². The summed E-state index contributed by atoms with van der Waals surface area (Å²) in [4.78, 5) is 30.4. The second kappa shape index (κ2) is 8.02. The van der Waals surface area contributed by atoms with Gasteiger partial charge in [-0.15, -0.1) is 0 Å². The maximum Gasteiger partial charge on any atom is 0.336 e. The van der Waals surface area contributed by atoms with Gasteiger partial charge < -0.3 is 9.52 Å². The lowest BCUT2D eigenvalue weighted by Crippen LogP contribution is -2.28. The van der Waals surface area contributed by atoms with Gasteiger partial charge in [-0.1, -0.05) is 11.6 Å². The molecule has 0 unspecified atom stereocenters. The van der Waals surface area contributed by atoms with Crippen molar-refractivity contribution in [1.82, 2.24) is 4.90 Å². The zero-order valence-corrected chi connectivity index (χ0v) is 16.3. The van der Waals surface area contributed by atoms with Crippen molar-refractivity contribution < 1.29 is 19.1 Å².